The maximum Gasteiger partial charge on any atom is 0.244 e. The van der Waals surface area contributed by atoms with Gasteiger partial charge in [-0.1, -0.05) is 32.0 Å². The zero-order valence-electron chi connectivity index (χ0n) is 15.3. The van der Waals surface area contributed by atoms with Crippen molar-refractivity contribution in [1.29, 1.82) is 0 Å². The van der Waals surface area contributed by atoms with Crippen LogP contribution in [0.4, 0.5) is 0 Å². The Labute approximate surface area is 156 Å². The second-order valence-corrected chi connectivity index (χ2v) is 12.2. The Balaban J connectivity index is 1.77. The van der Waals surface area contributed by atoms with Gasteiger partial charge in [0.25, 0.3) is 0 Å². The Morgan fingerprint density at radius 2 is 1.92 bits per heavy atom. The van der Waals surface area contributed by atoms with Crippen molar-refractivity contribution in [3.8, 4) is 0 Å². The fourth-order valence-corrected chi connectivity index (χ4v) is 8.22. The molecule has 1 aromatic rings. The van der Waals surface area contributed by atoms with Crippen LogP contribution >= 0.6 is 0 Å². The summed E-state index contributed by atoms with van der Waals surface area (Å²) in [5.41, 5.74) is 0.00368. The quantitative estimate of drug-likeness (QED) is 0.761. The Morgan fingerprint density at radius 3 is 2.58 bits per heavy atom. The fraction of sp³-hybridized carbons (Fsp3) is 0.667. The molecule has 144 valence electrons. The first kappa shape index (κ1) is 18.4. The fourth-order valence-electron chi connectivity index (χ4n) is 4.25. The number of nitrogens with zero attached hydrogens (tertiary/aromatic N) is 2. The molecular formula is C18H26N2O4S2. The average Bonchev–Trinajstić information content (AvgIpc) is 3.32. The smallest absolute Gasteiger partial charge is 0.212 e. The number of hydrogen-bond donors (Lipinski definition) is 0. The summed E-state index contributed by atoms with van der Waals surface area (Å²) in [6.07, 6.45) is 2.72. The first-order valence-electron chi connectivity index (χ1n) is 9.31. The van der Waals surface area contributed by atoms with Gasteiger partial charge in [0.2, 0.25) is 20.0 Å². The molecule has 0 radical (unpaired) electrons. The van der Waals surface area contributed by atoms with Crippen LogP contribution in [0.1, 0.15) is 45.1 Å². The largest absolute Gasteiger partial charge is 0.244 e. The number of fused-ring (bicyclic) bond motifs is 2. The summed E-state index contributed by atoms with van der Waals surface area (Å²) >= 11 is 0. The molecule has 1 atom stereocenters. The van der Waals surface area contributed by atoms with E-state index in [4.69, 9.17) is 0 Å². The zero-order chi connectivity index (χ0) is 18.7. The zero-order valence-corrected chi connectivity index (χ0v) is 16.9. The number of sulfonamides is 2. The van der Waals surface area contributed by atoms with Crippen molar-refractivity contribution in [3.05, 3.63) is 29.8 Å². The SMILES string of the molecule is CC(C)CCN1[C@@]2(CCN(S(=O)(=O)C3CC3)C2)c2ccccc2S1(=O)=O. The summed E-state index contributed by atoms with van der Waals surface area (Å²) in [7, 11) is -6.91. The van der Waals surface area contributed by atoms with Crippen LogP contribution in [0.2, 0.25) is 0 Å². The molecule has 26 heavy (non-hydrogen) atoms. The topological polar surface area (TPSA) is 74.8 Å². The van der Waals surface area contributed by atoms with Crippen LogP contribution in [-0.4, -0.2) is 50.3 Å². The van der Waals surface area contributed by atoms with Crippen molar-refractivity contribution in [3.63, 3.8) is 0 Å². The molecule has 2 heterocycles. The van der Waals surface area contributed by atoms with E-state index < -0.39 is 25.6 Å². The van der Waals surface area contributed by atoms with Crippen molar-refractivity contribution in [1.82, 2.24) is 8.61 Å². The molecule has 3 aliphatic rings. The average molecular weight is 399 g/mol. The van der Waals surface area contributed by atoms with Gasteiger partial charge in [-0.05, 0) is 43.2 Å². The highest BCUT2D eigenvalue weighted by atomic mass is 32.2. The van der Waals surface area contributed by atoms with Crippen LogP contribution in [0.5, 0.6) is 0 Å². The predicted octanol–water partition coefficient (Wildman–Crippen LogP) is 2.13. The Morgan fingerprint density at radius 1 is 1.23 bits per heavy atom. The lowest BCUT2D eigenvalue weighted by molar-refractivity contribution is 0.202. The number of rotatable bonds is 5. The lowest BCUT2D eigenvalue weighted by atomic mass is 9.88. The van der Waals surface area contributed by atoms with Gasteiger partial charge in [-0.2, -0.15) is 8.61 Å². The molecule has 1 aliphatic carbocycles. The van der Waals surface area contributed by atoms with Crippen LogP contribution in [0.15, 0.2) is 29.2 Å². The maximum atomic E-state index is 13.2. The van der Waals surface area contributed by atoms with E-state index in [2.05, 4.69) is 13.8 Å². The Hall–Kier alpha value is -0.960. The third-order valence-electron chi connectivity index (χ3n) is 5.86. The van der Waals surface area contributed by atoms with Gasteiger partial charge in [0.15, 0.2) is 0 Å². The summed E-state index contributed by atoms with van der Waals surface area (Å²) in [5, 5.41) is -0.269. The summed E-state index contributed by atoms with van der Waals surface area (Å²) in [5.74, 6) is 0.374. The minimum Gasteiger partial charge on any atom is -0.212 e. The summed E-state index contributed by atoms with van der Waals surface area (Å²) in [6, 6.07) is 7.10. The van der Waals surface area contributed by atoms with Gasteiger partial charge >= 0.3 is 0 Å². The van der Waals surface area contributed by atoms with E-state index in [0.29, 0.717) is 30.3 Å². The molecule has 6 nitrogen and oxygen atoms in total. The van der Waals surface area contributed by atoms with E-state index in [-0.39, 0.29) is 11.8 Å². The first-order valence-corrected chi connectivity index (χ1v) is 12.3. The number of hydrogen-bond acceptors (Lipinski definition) is 4. The third-order valence-corrected chi connectivity index (χ3v) is 10.2. The molecule has 1 saturated heterocycles. The van der Waals surface area contributed by atoms with Crippen molar-refractivity contribution in [2.75, 3.05) is 19.6 Å². The standard InChI is InChI=1S/C18H26N2O4S2/c1-14(2)9-11-20-18(16-5-3-4-6-17(16)26(20,23)24)10-12-19(13-18)25(21,22)15-7-8-15/h3-6,14-15H,7-13H2,1-2H3/t18-/m1/s1. The minimum atomic E-state index is -3.60. The molecule has 0 bridgehead atoms. The van der Waals surface area contributed by atoms with Gasteiger partial charge < -0.3 is 0 Å². The molecule has 2 aliphatic heterocycles. The van der Waals surface area contributed by atoms with E-state index >= 15 is 0 Å². The molecule has 0 unspecified atom stereocenters. The molecule has 0 amide bonds. The monoisotopic (exact) mass is 398 g/mol. The van der Waals surface area contributed by atoms with Crippen LogP contribution < -0.4 is 0 Å². The molecule has 4 rings (SSSR count). The first-order chi connectivity index (χ1) is 12.2. The Kier molecular flexibility index (Phi) is 4.26. The maximum absolute atomic E-state index is 13.2. The van der Waals surface area contributed by atoms with Crippen molar-refractivity contribution < 1.29 is 16.8 Å². The normalized spacial score (nSPS) is 28.9. The van der Waals surface area contributed by atoms with Gasteiger partial charge in [-0.3, -0.25) is 0 Å². The molecule has 1 aromatic carbocycles. The van der Waals surface area contributed by atoms with Crippen molar-refractivity contribution in [2.45, 2.75) is 55.2 Å². The predicted molar refractivity (Wildman–Crippen MR) is 99.6 cm³/mol. The second kappa shape index (κ2) is 6.02. The van der Waals surface area contributed by atoms with Gasteiger partial charge in [0.05, 0.1) is 15.7 Å². The summed E-state index contributed by atoms with van der Waals surface area (Å²) < 4.78 is 55.0. The number of benzene rings is 1. The summed E-state index contributed by atoms with van der Waals surface area (Å²) in [6.45, 7) is 5.19. The van der Waals surface area contributed by atoms with Gasteiger partial charge in [-0.15, -0.1) is 0 Å². The van der Waals surface area contributed by atoms with E-state index in [0.717, 1.165) is 24.8 Å². The third kappa shape index (κ3) is 2.65. The Bertz CT molecular complexity index is 922. The molecular weight excluding hydrogens is 372 g/mol. The van der Waals surface area contributed by atoms with Crippen LogP contribution in [0, 0.1) is 5.92 Å². The van der Waals surface area contributed by atoms with Crippen LogP contribution in [-0.2, 0) is 25.6 Å². The highest BCUT2D eigenvalue weighted by Crippen LogP contribution is 2.50. The van der Waals surface area contributed by atoms with E-state index in [1.165, 1.54) is 4.31 Å². The van der Waals surface area contributed by atoms with Gasteiger partial charge in [-0.25, -0.2) is 16.8 Å². The lowest BCUT2D eigenvalue weighted by Gasteiger charge is -2.34. The van der Waals surface area contributed by atoms with Crippen LogP contribution in [0.3, 0.4) is 0 Å². The molecule has 1 spiro atoms. The molecule has 0 N–H and O–H groups in total. The highest BCUT2D eigenvalue weighted by Gasteiger charge is 2.58. The molecule has 0 aromatic heterocycles. The summed E-state index contributed by atoms with van der Waals surface area (Å²) in [4.78, 5) is 0.342. The van der Waals surface area contributed by atoms with Crippen LogP contribution in [0.25, 0.3) is 0 Å². The van der Waals surface area contributed by atoms with Gasteiger partial charge in [0.1, 0.15) is 0 Å². The molecule has 8 heteroatoms. The highest BCUT2D eigenvalue weighted by molar-refractivity contribution is 7.90. The van der Waals surface area contributed by atoms with Crippen molar-refractivity contribution >= 4 is 20.0 Å². The van der Waals surface area contributed by atoms with E-state index in [1.807, 2.05) is 12.1 Å². The van der Waals surface area contributed by atoms with Gasteiger partial charge in [0, 0.05) is 19.6 Å². The van der Waals surface area contributed by atoms with Crippen molar-refractivity contribution in [2.24, 2.45) is 5.92 Å². The second-order valence-electron chi connectivity index (χ2n) is 8.12. The molecule has 1 saturated carbocycles. The van der Waals surface area contributed by atoms with E-state index in [9.17, 15) is 16.8 Å². The van der Waals surface area contributed by atoms with E-state index in [1.54, 1.807) is 16.4 Å². The minimum absolute atomic E-state index is 0.236. The lowest BCUT2D eigenvalue weighted by Crippen LogP contribution is -2.47. The molecule has 2 fully saturated rings.